The van der Waals surface area contributed by atoms with E-state index < -0.39 is 0 Å². The van der Waals surface area contributed by atoms with Crippen molar-refractivity contribution in [3.05, 3.63) is 16.1 Å². The second kappa shape index (κ2) is 5.25. The van der Waals surface area contributed by atoms with E-state index in [1.807, 2.05) is 6.20 Å². The molecule has 1 aromatic heterocycles. The zero-order valence-corrected chi connectivity index (χ0v) is 10.9. The molecule has 3 nitrogen and oxygen atoms in total. The Hall–Kier alpha value is -0.450. The highest BCUT2D eigenvalue weighted by molar-refractivity contribution is 7.11. The minimum atomic E-state index is -0.117. The van der Waals surface area contributed by atoms with Gasteiger partial charge in [0, 0.05) is 24.2 Å². The van der Waals surface area contributed by atoms with E-state index in [0.29, 0.717) is 0 Å². The molecule has 0 aromatic carbocycles. The van der Waals surface area contributed by atoms with Gasteiger partial charge in [0.05, 0.1) is 0 Å². The summed E-state index contributed by atoms with van der Waals surface area (Å²) in [7, 11) is 0. The van der Waals surface area contributed by atoms with Crippen LogP contribution in [0, 0.1) is 0 Å². The fourth-order valence-corrected chi connectivity index (χ4v) is 2.98. The highest BCUT2D eigenvalue weighted by Crippen LogP contribution is 2.37. The molecule has 16 heavy (non-hydrogen) atoms. The van der Waals surface area contributed by atoms with Crippen LogP contribution in [0.5, 0.6) is 0 Å². The van der Waals surface area contributed by atoms with Crippen LogP contribution >= 0.6 is 11.3 Å². The van der Waals surface area contributed by atoms with E-state index in [-0.39, 0.29) is 5.60 Å². The molecule has 1 N–H and O–H groups in total. The molecule has 1 aliphatic heterocycles. The van der Waals surface area contributed by atoms with Gasteiger partial charge in [0.25, 0.3) is 0 Å². The van der Waals surface area contributed by atoms with Gasteiger partial charge in [0.2, 0.25) is 0 Å². The minimum absolute atomic E-state index is 0.117. The van der Waals surface area contributed by atoms with Gasteiger partial charge in [-0.2, -0.15) is 0 Å². The molecule has 90 valence electrons. The molecule has 1 aromatic rings. The van der Waals surface area contributed by atoms with Crippen molar-refractivity contribution >= 4 is 11.3 Å². The number of nitrogens with zero attached hydrogens (tertiary/aromatic N) is 1. The molecule has 0 aliphatic carbocycles. The lowest BCUT2D eigenvalue weighted by Gasteiger charge is -2.19. The van der Waals surface area contributed by atoms with Crippen molar-refractivity contribution in [3.8, 4) is 0 Å². The maximum Gasteiger partial charge on any atom is 0.125 e. The van der Waals surface area contributed by atoms with Crippen LogP contribution in [0.3, 0.4) is 0 Å². The molecule has 0 amide bonds. The minimum Gasteiger partial charge on any atom is -0.368 e. The number of rotatable bonds is 5. The molecule has 4 heteroatoms. The maximum absolute atomic E-state index is 5.79. The van der Waals surface area contributed by atoms with Crippen molar-refractivity contribution in [2.45, 2.75) is 45.3 Å². The largest absolute Gasteiger partial charge is 0.368 e. The molecular formula is C12H20N2OS. The van der Waals surface area contributed by atoms with E-state index in [9.17, 15) is 0 Å². The first kappa shape index (κ1) is 12.0. The van der Waals surface area contributed by atoms with Crippen LogP contribution in [0.2, 0.25) is 0 Å². The second-order valence-electron chi connectivity index (χ2n) is 4.49. The van der Waals surface area contributed by atoms with Gasteiger partial charge >= 0.3 is 0 Å². The summed E-state index contributed by atoms with van der Waals surface area (Å²) < 4.78 is 5.79. The second-order valence-corrected chi connectivity index (χ2v) is 5.61. The summed E-state index contributed by atoms with van der Waals surface area (Å²) in [5, 5.41) is 4.53. The fraction of sp³-hybridized carbons (Fsp3) is 0.750. The van der Waals surface area contributed by atoms with Gasteiger partial charge < -0.3 is 10.1 Å². The third-order valence-corrected chi connectivity index (χ3v) is 4.19. The van der Waals surface area contributed by atoms with Crippen molar-refractivity contribution in [2.75, 3.05) is 13.2 Å². The molecule has 0 bridgehead atoms. The standard InChI is InChI=1S/C12H20N2OS/c1-3-6-13-8-10-9-14-11(16-10)12(2)5-4-7-15-12/h9,13H,3-8H2,1-2H3. The number of aromatic nitrogens is 1. The summed E-state index contributed by atoms with van der Waals surface area (Å²) in [4.78, 5) is 5.81. The molecule has 2 heterocycles. The van der Waals surface area contributed by atoms with Crippen LogP contribution < -0.4 is 5.32 Å². The van der Waals surface area contributed by atoms with Gasteiger partial charge in [-0.1, -0.05) is 6.92 Å². The number of thiazole rings is 1. The quantitative estimate of drug-likeness (QED) is 0.803. The predicted molar refractivity (Wildman–Crippen MR) is 66.6 cm³/mol. The van der Waals surface area contributed by atoms with E-state index in [1.165, 1.54) is 11.3 Å². The van der Waals surface area contributed by atoms with E-state index in [4.69, 9.17) is 4.74 Å². The Morgan fingerprint density at radius 1 is 1.62 bits per heavy atom. The third-order valence-electron chi connectivity index (χ3n) is 2.95. The van der Waals surface area contributed by atoms with Gasteiger partial charge in [0.1, 0.15) is 10.6 Å². The molecule has 0 saturated carbocycles. The zero-order valence-electron chi connectivity index (χ0n) is 10.1. The van der Waals surface area contributed by atoms with Crippen LogP contribution in [0.25, 0.3) is 0 Å². The lowest BCUT2D eigenvalue weighted by atomic mass is 10.0. The smallest absolute Gasteiger partial charge is 0.125 e. The van der Waals surface area contributed by atoms with Crippen molar-refractivity contribution in [1.82, 2.24) is 10.3 Å². The average molecular weight is 240 g/mol. The highest BCUT2D eigenvalue weighted by atomic mass is 32.1. The van der Waals surface area contributed by atoms with Gasteiger partial charge in [-0.3, -0.25) is 0 Å². The maximum atomic E-state index is 5.79. The first-order chi connectivity index (χ1) is 7.74. The third kappa shape index (κ3) is 2.62. The molecule has 1 unspecified atom stereocenters. The van der Waals surface area contributed by atoms with Crippen molar-refractivity contribution < 1.29 is 4.74 Å². The molecule has 1 atom stereocenters. The fourth-order valence-electron chi connectivity index (χ4n) is 1.97. The summed E-state index contributed by atoms with van der Waals surface area (Å²) in [5.41, 5.74) is -0.117. The molecule has 0 spiro atoms. The molecule has 0 radical (unpaired) electrons. The summed E-state index contributed by atoms with van der Waals surface area (Å²) in [6.07, 6.45) is 5.41. The van der Waals surface area contributed by atoms with E-state index >= 15 is 0 Å². The van der Waals surface area contributed by atoms with Crippen molar-refractivity contribution in [2.24, 2.45) is 0 Å². The Labute approximate surface area is 101 Å². The summed E-state index contributed by atoms with van der Waals surface area (Å²) >= 11 is 1.78. The lowest BCUT2D eigenvalue weighted by Crippen LogP contribution is -2.19. The summed E-state index contributed by atoms with van der Waals surface area (Å²) in [5.74, 6) is 0. The first-order valence-electron chi connectivity index (χ1n) is 6.04. The Bertz CT molecular complexity index is 332. The number of ether oxygens (including phenoxy) is 1. The monoisotopic (exact) mass is 240 g/mol. The van der Waals surface area contributed by atoms with Gasteiger partial charge in [-0.15, -0.1) is 11.3 Å². The van der Waals surface area contributed by atoms with Crippen molar-refractivity contribution in [3.63, 3.8) is 0 Å². The van der Waals surface area contributed by atoms with Gasteiger partial charge in [-0.05, 0) is 32.7 Å². The van der Waals surface area contributed by atoms with Crippen LogP contribution in [-0.2, 0) is 16.9 Å². The first-order valence-corrected chi connectivity index (χ1v) is 6.86. The zero-order chi connectivity index (χ0) is 11.4. The normalized spacial score (nSPS) is 25.1. The summed E-state index contributed by atoms with van der Waals surface area (Å²) in [6, 6.07) is 0. The Balaban J connectivity index is 1.96. The van der Waals surface area contributed by atoms with E-state index in [0.717, 1.165) is 37.5 Å². The predicted octanol–water partition coefficient (Wildman–Crippen LogP) is 2.67. The van der Waals surface area contributed by atoms with Gasteiger partial charge in [-0.25, -0.2) is 4.98 Å². The van der Waals surface area contributed by atoms with Crippen LogP contribution in [0.4, 0.5) is 0 Å². The van der Waals surface area contributed by atoms with E-state index in [2.05, 4.69) is 24.1 Å². The molecule has 1 aliphatic rings. The van der Waals surface area contributed by atoms with Crippen LogP contribution in [0.1, 0.15) is 43.0 Å². The molecular weight excluding hydrogens is 220 g/mol. The number of hydrogen-bond acceptors (Lipinski definition) is 4. The average Bonchev–Trinajstić information content (AvgIpc) is 2.88. The topological polar surface area (TPSA) is 34.2 Å². The van der Waals surface area contributed by atoms with E-state index in [1.54, 1.807) is 11.3 Å². The summed E-state index contributed by atoms with van der Waals surface area (Å²) in [6.45, 7) is 7.21. The lowest BCUT2D eigenvalue weighted by molar-refractivity contribution is 0.0166. The van der Waals surface area contributed by atoms with Gasteiger partial charge in [0.15, 0.2) is 0 Å². The highest BCUT2D eigenvalue weighted by Gasteiger charge is 2.34. The molecule has 1 saturated heterocycles. The Morgan fingerprint density at radius 2 is 2.50 bits per heavy atom. The Kier molecular flexibility index (Phi) is 3.95. The van der Waals surface area contributed by atoms with Crippen molar-refractivity contribution in [1.29, 1.82) is 0 Å². The number of hydrogen-bond donors (Lipinski definition) is 1. The van der Waals surface area contributed by atoms with Crippen LogP contribution in [0.15, 0.2) is 6.20 Å². The molecule has 1 fully saturated rings. The molecule has 2 rings (SSSR count). The number of nitrogens with one attached hydrogen (secondary N) is 1. The Morgan fingerprint density at radius 3 is 3.19 bits per heavy atom. The van der Waals surface area contributed by atoms with Crippen LogP contribution in [-0.4, -0.2) is 18.1 Å². The SMILES string of the molecule is CCCNCc1cnc(C2(C)CCCO2)s1.